The van der Waals surface area contributed by atoms with Crippen LogP contribution in [0, 0.1) is 0 Å². The smallest absolute Gasteiger partial charge is 0.347 e. The van der Waals surface area contributed by atoms with Gasteiger partial charge in [-0.25, -0.2) is 4.79 Å². The first-order valence-corrected chi connectivity index (χ1v) is 12.4. The maximum Gasteiger partial charge on any atom is 0.347 e. The molecular weight excluding hydrogens is 428 g/mol. The van der Waals surface area contributed by atoms with Crippen molar-refractivity contribution in [2.75, 3.05) is 18.0 Å². The van der Waals surface area contributed by atoms with E-state index in [2.05, 4.69) is 35.3 Å². The Bertz CT molecular complexity index is 949. The first-order chi connectivity index (χ1) is 16.3. The van der Waals surface area contributed by atoms with Crippen LogP contribution in [0.15, 0.2) is 48.5 Å². The fourth-order valence-corrected chi connectivity index (χ4v) is 4.37. The Morgan fingerprint density at radius 1 is 1.06 bits per heavy atom. The van der Waals surface area contributed by atoms with Gasteiger partial charge in [0, 0.05) is 25.3 Å². The molecule has 2 N–H and O–H groups in total. The average molecular weight is 467 g/mol. The van der Waals surface area contributed by atoms with Crippen molar-refractivity contribution in [1.29, 1.82) is 0 Å². The maximum atomic E-state index is 13.4. The third-order valence-corrected chi connectivity index (χ3v) is 6.45. The number of ether oxygens (including phenoxy) is 1. The minimum atomic E-state index is -1.30. The van der Waals surface area contributed by atoms with Crippen LogP contribution < -0.4 is 15.0 Å². The number of carboxylic acid groups (broad SMARTS) is 1. The van der Waals surface area contributed by atoms with Gasteiger partial charge in [0.05, 0.1) is 5.92 Å². The van der Waals surface area contributed by atoms with E-state index in [1.54, 1.807) is 12.1 Å². The van der Waals surface area contributed by atoms with Crippen LogP contribution in [0.2, 0.25) is 0 Å². The molecule has 1 unspecified atom stereocenters. The lowest BCUT2D eigenvalue weighted by atomic mass is 9.90. The van der Waals surface area contributed by atoms with Crippen molar-refractivity contribution >= 4 is 17.6 Å². The first-order valence-electron chi connectivity index (χ1n) is 12.4. The average Bonchev–Trinajstić information content (AvgIpc) is 2.84. The minimum absolute atomic E-state index is 0.0465. The lowest BCUT2D eigenvalue weighted by Gasteiger charge is -2.32. The van der Waals surface area contributed by atoms with Gasteiger partial charge in [-0.2, -0.15) is 0 Å². The van der Waals surface area contributed by atoms with E-state index in [0.29, 0.717) is 12.3 Å². The minimum Gasteiger partial charge on any atom is -0.478 e. The number of anilines is 1. The Morgan fingerprint density at radius 2 is 1.74 bits per heavy atom. The van der Waals surface area contributed by atoms with Gasteiger partial charge < -0.3 is 20.1 Å². The number of unbranched alkanes of at least 4 members (excludes halogenated alkanes) is 1. The number of nitrogens with one attached hydrogen (secondary N) is 1. The van der Waals surface area contributed by atoms with Crippen LogP contribution in [0.5, 0.6) is 5.75 Å². The Labute approximate surface area is 203 Å². The third-order valence-electron chi connectivity index (χ3n) is 6.45. The van der Waals surface area contributed by atoms with Crippen molar-refractivity contribution in [3.05, 3.63) is 59.7 Å². The van der Waals surface area contributed by atoms with Gasteiger partial charge in [-0.1, -0.05) is 50.1 Å². The summed E-state index contributed by atoms with van der Waals surface area (Å²) in [6.07, 6.45) is 6.54. The van der Waals surface area contributed by atoms with Gasteiger partial charge in [-0.3, -0.25) is 4.79 Å². The number of carboxylic acids is 1. The zero-order valence-corrected chi connectivity index (χ0v) is 20.7. The van der Waals surface area contributed by atoms with Crippen LogP contribution >= 0.6 is 0 Å². The predicted octanol–water partition coefficient (Wildman–Crippen LogP) is 5.51. The fraction of sp³-hybridized carbons (Fsp3) is 0.500. The number of aliphatic carboxylic acids is 1. The maximum absolute atomic E-state index is 13.4. The summed E-state index contributed by atoms with van der Waals surface area (Å²) in [5.74, 6) is -0.673. The molecule has 0 spiro atoms. The van der Waals surface area contributed by atoms with Crippen molar-refractivity contribution in [1.82, 2.24) is 5.32 Å². The van der Waals surface area contributed by atoms with Gasteiger partial charge in [-0.15, -0.1) is 0 Å². The predicted molar refractivity (Wildman–Crippen MR) is 135 cm³/mol. The Morgan fingerprint density at radius 3 is 2.38 bits per heavy atom. The Hall–Kier alpha value is -3.02. The summed E-state index contributed by atoms with van der Waals surface area (Å²) in [6, 6.07) is 15.6. The highest BCUT2D eigenvalue weighted by molar-refractivity contribution is 5.85. The van der Waals surface area contributed by atoms with Crippen LogP contribution in [0.3, 0.4) is 0 Å². The molecule has 1 atom stereocenters. The molecule has 6 heteroatoms. The summed E-state index contributed by atoms with van der Waals surface area (Å²) in [4.78, 5) is 27.1. The number of rotatable bonds is 11. The van der Waals surface area contributed by atoms with Crippen molar-refractivity contribution in [2.45, 2.75) is 77.4 Å². The molecule has 2 aromatic carbocycles. The highest BCUT2D eigenvalue weighted by Crippen LogP contribution is 2.33. The van der Waals surface area contributed by atoms with Gasteiger partial charge in [-0.05, 0) is 68.9 Å². The molecule has 0 bridgehead atoms. The van der Waals surface area contributed by atoms with E-state index >= 15 is 0 Å². The van der Waals surface area contributed by atoms with Crippen LogP contribution in [-0.2, 0) is 16.1 Å². The summed E-state index contributed by atoms with van der Waals surface area (Å²) in [6.45, 7) is 7.69. The number of hydrogen-bond donors (Lipinski definition) is 2. The molecule has 1 saturated heterocycles. The second-order valence-corrected chi connectivity index (χ2v) is 9.58. The molecule has 3 rings (SSSR count). The normalized spacial score (nSPS) is 15.0. The molecule has 1 aliphatic heterocycles. The van der Waals surface area contributed by atoms with Crippen LogP contribution in [-0.4, -0.2) is 35.7 Å². The molecule has 34 heavy (non-hydrogen) atoms. The monoisotopic (exact) mass is 466 g/mol. The van der Waals surface area contributed by atoms with E-state index in [0.717, 1.165) is 43.5 Å². The number of nitrogens with zero attached hydrogens (tertiary/aromatic N) is 1. The number of carbonyl (C=O) groups is 2. The quantitative estimate of drug-likeness (QED) is 0.457. The van der Waals surface area contributed by atoms with Gasteiger partial charge in [0.2, 0.25) is 5.91 Å². The number of para-hydroxylation sites is 1. The second kappa shape index (κ2) is 11.9. The summed E-state index contributed by atoms with van der Waals surface area (Å²) in [7, 11) is 0. The molecule has 0 saturated carbocycles. The molecule has 1 aliphatic rings. The van der Waals surface area contributed by atoms with Gasteiger partial charge >= 0.3 is 5.97 Å². The Kier molecular flexibility index (Phi) is 8.97. The number of amides is 1. The van der Waals surface area contributed by atoms with E-state index in [1.807, 2.05) is 18.2 Å². The molecule has 1 amide bonds. The van der Waals surface area contributed by atoms with Crippen molar-refractivity contribution in [2.24, 2.45) is 0 Å². The summed E-state index contributed by atoms with van der Waals surface area (Å²) in [5, 5.41) is 12.4. The largest absolute Gasteiger partial charge is 0.478 e. The molecular formula is C28H38N2O4. The molecule has 1 fully saturated rings. The molecule has 184 valence electrons. The number of hydrogen-bond acceptors (Lipinski definition) is 4. The number of piperidine rings is 1. The summed E-state index contributed by atoms with van der Waals surface area (Å²) in [5.41, 5.74) is 1.95. The van der Waals surface area contributed by atoms with Gasteiger partial charge in [0.25, 0.3) is 0 Å². The first kappa shape index (κ1) is 25.6. The van der Waals surface area contributed by atoms with E-state index in [-0.39, 0.29) is 11.8 Å². The van der Waals surface area contributed by atoms with Crippen molar-refractivity contribution < 1.29 is 19.4 Å². The molecule has 0 aliphatic carbocycles. The topological polar surface area (TPSA) is 78.9 Å². The Balaban J connectivity index is 1.69. The van der Waals surface area contributed by atoms with Gasteiger partial charge in [0.15, 0.2) is 5.60 Å². The van der Waals surface area contributed by atoms with E-state index < -0.39 is 11.6 Å². The summed E-state index contributed by atoms with van der Waals surface area (Å²) < 4.78 is 5.56. The third kappa shape index (κ3) is 6.75. The van der Waals surface area contributed by atoms with E-state index in [4.69, 9.17) is 4.74 Å². The van der Waals surface area contributed by atoms with Crippen molar-refractivity contribution in [3.63, 3.8) is 0 Å². The summed E-state index contributed by atoms with van der Waals surface area (Å²) >= 11 is 0. The second-order valence-electron chi connectivity index (χ2n) is 9.58. The molecule has 0 aromatic heterocycles. The lowest BCUT2D eigenvalue weighted by Crippen LogP contribution is -2.37. The van der Waals surface area contributed by atoms with E-state index in [9.17, 15) is 14.7 Å². The van der Waals surface area contributed by atoms with Crippen LogP contribution in [0.25, 0.3) is 0 Å². The molecule has 0 radical (unpaired) electrons. The molecule has 2 aromatic rings. The number of carbonyl (C=O) groups excluding carboxylic acids is 1. The number of benzene rings is 2. The highest BCUT2D eigenvalue weighted by Gasteiger charge is 2.29. The van der Waals surface area contributed by atoms with E-state index in [1.165, 1.54) is 38.8 Å². The van der Waals surface area contributed by atoms with Gasteiger partial charge in [0.1, 0.15) is 5.75 Å². The SMILES string of the molecule is CCCCC(C(=O)NCc1ccc(OC(C)(C)C(=O)O)cc1)c1ccccc1N1CCCCC1. The van der Waals surface area contributed by atoms with Crippen LogP contribution in [0.4, 0.5) is 5.69 Å². The lowest BCUT2D eigenvalue weighted by molar-refractivity contribution is -0.152. The molecule has 6 nitrogen and oxygen atoms in total. The highest BCUT2D eigenvalue weighted by atomic mass is 16.5. The zero-order valence-electron chi connectivity index (χ0n) is 20.7. The standard InChI is InChI=1S/C28H38N2O4/c1-4-5-11-24(23-12-7-8-13-25(23)30-18-9-6-10-19-30)26(31)29-20-21-14-16-22(17-15-21)34-28(2,3)27(32)33/h7-8,12-17,24H,4-6,9-11,18-20H2,1-3H3,(H,29,31)(H,32,33). The molecule has 1 heterocycles. The fourth-order valence-electron chi connectivity index (χ4n) is 4.37. The zero-order chi connectivity index (χ0) is 24.6. The van der Waals surface area contributed by atoms with Crippen LogP contribution in [0.1, 0.15) is 76.3 Å². The van der Waals surface area contributed by atoms with Crippen molar-refractivity contribution in [3.8, 4) is 5.75 Å².